The smallest absolute Gasteiger partial charge is 0.335 e. The van der Waals surface area contributed by atoms with Crippen molar-refractivity contribution in [3.8, 4) is 0 Å². The number of carbonyl (C=O) groups is 1. The van der Waals surface area contributed by atoms with Crippen LogP contribution in [0.1, 0.15) is 40.2 Å². The van der Waals surface area contributed by atoms with Gasteiger partial charge in [-0.1, -0.05) is 30.3 Å². The summed E-state index contributed by atoms with van der Waals surface area (Å²) in [5, 5.41) is 10.2. The highest BCUT2D eigenvalue weighted by Crippen LogP contribution is 2.28. The first-order chi connectivity index (χ1) is 13.7. The molecule has 0 radical (unpaired) electrons. The Bertz CT molecular complexity index is 930. The lowest BCUT2D eigenvalue weighted by Crippen LogP contribution is -2.34. The van der Waals surface area contributed by atoms with E-state index in [4.69, 9.17) is 0 Å². The fraction of sp³-hybridized carbons (Fsp3) is 0.348. The zero-order valence-corrected chi connectivity index (χ0v) is 16.8. The predicted molar refractivity (Wildman–Crippen MR) is 116 cm³/mol. The van der Waals surface area contributed by atoms with Crippen molar-refractivity contribution in [3.63, 3.8) is 0 Å². The van der Waals surface area contributed by atoms with Crippen LogP contribution >= 0.6 is 11.8 Å². The van der Waals surface area contributed by atoms with E-state index in [0.717, 1.165) is 29.0 Å². The highest BCUT2D eigenvalue weighted by molar-refractivity contribution is 7.98. The Morgan fingerprint density at radius 2 is 1.93 bits per heavy atom. The second-order valence-electron chi connectivity index (χ2n) is 7.46. The van der Waals surface area contributed by atoms with E-state index in [-0.39, 0.29) is 0 Å². The van der Waals surface area contributed by atoms with Crippen LogP contribution in [0.5, 0.6) is 0 Å². The molecule has 1 aliphatic heterocycles. The van der Waals surface area contributed by atoms with Gasteiger partial charge in [-0.3, -0.25) is 0 Å². The summed E-state index contributed by atoms with van der Waals surface area (Å²) >= 11 is 1.92. The number of fused-ring (bicyclic) bond motifs is 1. The van der Waals surface area contributed by atoms with E-state index < -0.39 is 5.97 Å². The van der Waals surface area contributed by atoms with Gasteiger partial charge in [0.05, 0.1) is 5.56 Å². The molecule has 0 unspecified atom stereocenters. The van der Waals surface area contributed by atoms with Crippen LogP contribution in [0.4, 0.5) is 0 Å². The molecule has 146 valence electrons. The molecule has 2 heterocycles. The van der Waals surface area contributed by atoms with Crippen LogP contribution < -0.4 is 0 Å². The first-order valence-electron chi connectivity index (χ1n) is 9.89. The Morgan fingerprint density at radius 3 is 2.68 bits per heavy atom. The molecule has 0 spiro atoms. The monoisotopic (exact) mass is 394 g/mol. The molecule has 5 heteroatoms. The lowest BCUT2D eigenvalue weighted by atomic mass is 9.89. The zero-order chi connectivity index (χ0) is 19.3. The number of nitrogens with one attached hydrogen (secondary N) is 1. The first-order valence-corrected chi connectivity index (χ1v) is 11.0. The Hall–Kier alpha value is -2.24. The van der Waals surface area contributed by atoms with Gasteiger partial charge in [0.25, 0.3) is 0 Å². The largest absolute Gasteiger partial charge is 0.478 e. The fourth-order valence-corrected chi connectivity index (χ4v) is 5.01. The molecule has 28 heavy (non-hydrogen) atoms. The third-order valence-corrected chi connectivity index (χ3v) is 6.67. The van der Waals surface area contributed by atoms with Crippen LogP contribution in [0.25, 0.3) is 10.9 Å². The number of hydrogen-bond donors (Lipinski definition) is 2. The molecule has 3 aromatic rings. The molecule has 0 atom stereocenters. The Balaban J connectivity index is 1.24. The highest BCUT2D eigenvalue weighted by Gasteiger charge is 2.20. The number of piperidine rings is 1. The number of aromatic carboxylic acids is 1. The summed E-state index contributed by atoms with van der Waals surface area (Å²) in [7, 11) is 0. The van der Waals surface area contributed by atoms with Gasteiger partial charge >= 0.3 is 5.97 Å². The van der Waals surface area contributed by atoms with Gasteiger partial charge in [0.1, 0.15) is 0 Å². The average molecular weight is 395 g/mol. The maximum absolute atomic E-state index is 11.2. The van der Waals surface area contributed by atoms with Crippen molar-refractivity contribution in [2.24, 2.45) is 0 Å². The molecule has 1 aliphatic rings. The second-order valence-corrected chi connectivity index (χ2v) is 8.56. The number of H-pyrrole nitrogens is 1. The minimum absolute atomic E-state index is 0.347. The number of thioether (sulfide) groups is 1. The third kappa shape index (κ3) is 4.42. The van der Waals surface area contributed by atoms with E-state index >= 15 is 0 Å². The molecule has 2 aromatic carbocycles. The van der Waals surface area contributed by atoms with Crippen molar-refractivity contribution in [1.29, 1.82) is 0 Å². The Labute approximate surface area is 169 Å². The number of aromatic amines is 1. The van der Waals surface area contributed by atoms with E-state index in [1.54, 1.807) is 12.1 Å². The van der Waals surface area contributed by atoms with Gasteiger partial charge in [0.2, 0.25) is 0 Å². The number of rotatable bonds is 7. The van der Waals surface area contributed by atoms with Crippen LogP contribution in [0.3, 0.4) is 0 Å². The lowest BCUT2D eigenvalue weighted by molar-refractivity contribution is 0.0697. The number of carboxylic acid groups (broad SMARTS) is 1. The average Bonchev–Trinajstić information content (AvgIpc) is 3.14. The molecule has 4 rings (SSSR count). The van der Waals surface area contributed by atoms with Crippen LogP contribution in [0.2, 0.25) is 0 Å². The molecule has 1 saturated heterocycles. The van der Waals surface area contributed by atoms with Gasteiger partial charge in [0.15, 0.2) is 0 Å². The van der Waals surface area contributed by atoms with Gasteiger partial charge in [-0.15, -0.1) is 0 Å². The number of aromatic nitrogens is 1. The number of likely N-dealkylation sites (tertiary alicyclic amines) is 1. The van der Waals surface area contributed by atoms with E-state index in [9.17, 15) is 9.90 Å². The summed E-state index contributed by atoms with van der Waals surface area (Å²) < 4.78 is 0. The SMILES string of the molecule is O=C(O)c1ccc2[nH]cc(CSCCN3CCC(c4ccccc4)CC3)c2c1. The molecule has 1 aromatic heterocycles. The van der Waals surface area contributed by atoms with Crippen LogP contribution in [-0.2, 0) is 5.75 Å². The van der Waals surface area contributed by atoms with E-state index in [1.807, 2.05) is 24.0 Å². The summed E-state index contributed by atoms with van der Waals surface area (Å²) in [5.74, 6) is 1.84. The number of hydrogen-bond acceptors (Lipinski definition) is 3. The predicted octanol–water partition coefficient (Wildman–Crippen LogP) is 4.98. The molecular formula is C23H26N2O2S. The van der Waals surface area contributed by atoms with E-state index in [2.05, 4.69) is 40.2 Å². The molecule has 0 aliphatic carbocycles. The Kier molecular flexibility index (Phi) is 6.03. The normalized spacial score (nSPS) is 15.9. The Morgan fingerprint density at radius 1 is 1.14 bits per heavy atom. The van der Waals surface area contributed by atoms with Gasteiger partial charge in [-0.2, -0.15) is 11.8 Å². The third-order valence-electron chi connectivity index (χ3n) is 5.68. The van der Waals surface area contributed by atoms with E-state index in [0.29, 0.717) is 11.5 Å². The molecular weight excluding hydrogens is 368 g/mol. The molecule has 0 saturated carbocycles. The van der Waals surface area contributed by atoms with E-state index in [1.165, 1.54) is 37.1 Å². The number of carboxylic acids is 1. The summed E-state index contributed by atoms with van der Waals surface area (Å²) in [6, 6.07) is 16.2. The molecule has 4 nitrogen and oxygen atoms in total. The van der Waals surface area contributed by atoms with Gasteiger partial charge in [0, 0.05) is 35.2 Å². The standard InChI is InChI=1S/C23H26N2O2S/c26-23(27)19-6-7-22-21(14-19)20(15-24-22)16-28-13-12-25-10-8-18(9-11-25)17-4-2-1-3-5-17/h1-7,14-15,18,24H,8-13,16H2,(H,26,27). The summed E-state index contributed by atoms with van der Waals surface area (Å²) in [6.45, 7) is 3.47. The lowest BCUT2D eigenvalue weighted by Gasteiger charge is -2.32. The maximum Gasteiger partial charge on any atom is 0.335 e. The van der Waals surface area contributed by atoms with Crippen molar-refractivity contribution >= 4 is 28.6 Å². The highest BCUT2D eigenvalue weighted by atomic mass is 32.2. The van der Waals surface area contributed by atoms with Gasteiger partial charge in [-0.25, -0.2) is 4.79 Å². The van der Waals surface area contributed by atoms with Gasteiger partial charge < -0.3 is 15.0 Å². The zero-order valence-electron chi connectivity index (χ0n) is 15.9. The molecule has 0 amide bonds. The summed E-state index contributed by atoms with van der Waals surface area (Å²) in [6.07, 6.45) is 4.50. The van der Waals surface area contributed by atoms with Crippen molar-refractivity contribution < 1.29 is 9.90 Å². The van der Waals surface area contributed by atoms with Gasteiger partial charge in [-0.05, 0) is 61.2 Å². The van der Waals surface area contributed by atoms with Crippen LogP contribution in [0, 0.1) is 0 Å². The van der Waals surface area contributed by atoms with Crippen molar-refractivity contribution in [2.75, 3.05) is 25.4 Å². The molecule has 0 bridgehead atoms. The van der Waals surface area contributed by atoms with Crippen LogP contribution in [-0.4, -0.2) is 46.3 Å². The quantitative estimate of drug-likeness (QED) is 0.555. The minimum Gasteiger partial charge on any atom is -0.478 e. The first kappa shape index (κ1) is 19.1. The van der Waals surface area contributed by atoms with Crippen molar-refractivity contribution in [3.05, 3.63) is 71.4 Å². The van der Waals surface area contributed by atoms with Crippen LogP contribution in [0.15, 0.2) is 54.7 Å². The number of benzene rings is 2. The van der Waals surface area contributed by atoms with Crippen molar-refractivity contribution in [1.82, 2.24) is 9.88 Å². The molecule has 2 N–H and O–H groups in total. The fourth-order valence-electron chi connectivity index (χ4n) is 4.02. The number of nitrogens with zero attached hydrogens (tertiary/aromatic N) is 1. The summed E-state index contributed by atoms with van der Waals surface area (Å²) in [4.78, 5) is 17.0. The maximum atomic E-state index is 11.2. The summed E-state index contributed by atoms with van der Waals surface area (Å²) in [5.41, 5.74) is 4.02. The van der Waals surface area contributed by atoms with Crippen molar-refractivity contribution in [2.45, 2.75) is 24.5 Å². The minimum atomic E-state index is -0.874. The topological polar surface area (TPSA) is 56.3 Å². The second kappa shape index (κ2) is 8.84. The molecule has 1 fully saturated rings.